The Labute approximate surface area is 80.8 Å². The molecule has 1 aromatic carbocycles. The highest BCUT2D eigenvalue weighted by Gasteiger charge is 2.06. The first-order chi connectivity index (χ1) is 5.70. The van der Waals surface area contributed by atoms with Crippen molar-refractivity contribution in [3.8, 4) is 0 Å². The van der Waals surface area contributed by atoms with E-state index in [1.807, 2.05) is 23.5 Å². The summed E-state index contributed by atoms with van der Waals surface area (Å²) in [4.78, 5) is 1.36. The van der Waals surface area contributed by atoms with Crippen LogP contribution in [0.2, 0.25) is 5.02 Å². The van der Waals surface area contributed by atoms with E-state index in [1.165, 1.54) is 20.5 Å². The number of thiophene rings is 1. The molecule has 0 radical (unpaired) electrons. The number of benzene rings is 1. The van der Waals surface area contributed by atoms with Crippen LogP contribution in [-0.4, -0.2) is 0 Å². The van der Waals surface area contributed by atoms with Gasteiger partial charge in [0, 0.05) is 20.0 Å². The number of hydrogen-bond donors (Lipinski definition) is 0. The fraction of sp³-hybridized carbons (Fsp3) is 0.200. The van der Waals surface area contributed by atoms with Gasteiger partial charge >= 0.3 is 0 Å². The highest BCUT2D eigenvalue weighted by atomic mass is 35.5. The van der Waals surface area contributed by atoms with Crippen molar-refractivity contribution >= 4 is 33.0 Å². The SMILES string of the molecule is Cc1sc2cccc(Cl)c2c1C. The molecule has 2 aromatic rings. The molecule has 0 bridgehead atoms. The molecule has 62 valence electrons. The third-order valence-corrected chi connectivity index (χ3v) is 3.63. The van der Waals surface area contributed by atoms with E-state index in [1.54, 1.807) is 0 Å². The Morgan fingerprint density at radius 1 is 1.25 bits per heavy atom. The van der Waals surface area contributed by atoms with Gasteiger partial charge in [-0.15, -0.1) is 11.3 Å². The molecule has 0 aliphatic rings. The van der Waals surface area contributed by atoms with E-state index >= 15 is 0 Å². The normalized spacial score (nSPS) is 10.9. The van der Waals surface area contributed by atoms with Crippen molar-refractivity contribution in [2.24, 2.45) is 0 Å². The minimum Gasteiger partial charge on any atom is -0.140 e. The molecule has 2 rings (SSSR count). The Balaban J connectivity index is 2.97. The van der Waals surface area contributed by atoms with Crippen LogP contribution < -0.4 is 0 Å². The second-order valence-corrected chi connectivity index (χ2v) is 4.56. The van der Waals surface area contributed by atoms with Gasteiger partial charge in [0.1, 0.15) is 0 Å². The lowest BCUT2D eigenvalue weighted by molar-refractivity contribution is 1.47. The van der Waals surface area contributed by atoms with Crippen LogP contribution in [0.3, 0.4) is 0 Å². The van der Waals surface area contributed by atoms with E-state index in [0.29, 0.717) is 0 Å². The smallest absolute Gasteiger partial charge is 0.0495 e. The first-order valence-corrected chi connectivity index (χ1v) is 5.04. The van der Waals surface area contributed by atoms with Crippen LogP contribution in [0.5, 0.6) is 0 Å². The predicted molar refractivity (Wildman–Crippen MR) is 56.3 cm³/mol. The summed E-state index contributed by atoms with van der Waals surface area (Å²) in [5.74, 6) is 0. The summed E-state index contributed by atoms with van der Waals surface area (Å²) in [7, 11) is 0. The summed E-state index contributed by atoms with van der Waals surface area (Å²) in [5, 5.41) is 2.09. The second kappa shape index (κ2) is 2.75. The van der Waals surface area contributed by atoms with Crippen molar-refractivity contribution in [1.29, 1.82) is 0 Å². The van der Waals surface area contributed by atoms with E-state index in [0.717, 1.165) is 5.02 Å². The number of rotatable bonds is 0. The Morgan fingerprint density at radius 3 is 2.67 bits per heavy atom. The van der Waals surface area contributed by atoms with E-state index in [2.05, 4.69) is 19.9 Å². The average Bonchev–Trinajstić information content (AvgIpc) is 2.29. The Bertz CT molecular complexity index is 429. The molecule has 0 aliphatic heterocycles. The van der Waals surface area contributed by atoms with Gasteiger partial charge in [-0.1, -0.05) is 17.7 Å². The quantitative estimate of drug-likeness (QED) is 0.593. The Hall–Kier alpha value is -0.530. The maximum Gasteiger partial charge on any atom is 0.0495 e. The minimum atomic E-state index is 0.870. The lowest BCUT2D eigenvalue weighted by Gasteiger charge is -1.94. The molecule has 0 aliphatic carbocycles. The molecule has 12 heavy (non-hydrogen) atoms. The topological polar surface area (TPSA) is 0 Å². The summed E-state index contributed by atoms with van der Waals surface area (Å²) in [6.45, 7) is 4.26. The molecular weight excluding hydrogens is 188 g/mol. The van der Waals surface area contributed by atoms with Crippen LogP contribution in [0.25, 0.3) is 10.1 Å². The highest BCUT2D eigenvalue weighted by Crippen LogP contribution is 2.34. The summed E-state index contributed by atoms with van der Waals surface area (Å²) in [6, 6.07) is 6.06. The molecule has 0 amide bonds. The molecular formula is C10H9ClS. The molecule has 0 N–H and O–H groups in total. The van der Waals surface area contributed by atoms with Gasteiger partial charge in [0.15, 0.2) is 0 Å². The predicted octanol–water partition coefficient (Wildman–Crippen LogP) is 4.17. The summed E-state index contributed by atoms with van der Waals surface area (Å²) >= 11 is 7.89. The van der Waals surface area contributed by atoms with Gasteiger partial charge in [-0.2, -0.15) is 0 Å². The maximum atomic E-state index is 6.08. The summed E-state index contributed by atoms with van der Waals surface area (Å²) in [6.07, 6.45) is 0. The Morgan fingerprint density at radius 2 is 2.00 bits per heavy atom. The molecule has 0 nitrogen and oxygen atoms in total. The fourth-order valence-electron chi connectivity index (χ4n) is 1.37. The van der Waals surface area contributed by atoms with E-state index in [-0.39, 0.29) is 0 Å². The largest absolute Gasteiger partial charge is 0.140 e. The molecule has 0 unspecified atom stereocenters. The zero-order chi connectivity index (χ0) is 8.72. The number of hydrogen-bond acceptors (Lipinski definition) is 1. The third-order valence-electron chi connectivity index (χ3n) is 2.14. The fourth-order valence-corrected chi connectivity index (χ4v) is 2.84. The maximum absolute atomic E-state index is 6.08. The first kappa shape index (κ1) is 8.09. The van der Waals surface area contributed by atoms with Crippen LogP contribution in [-0.2, 0) is 0 Å². The van der Waals surface area contributed by atoms with Gasteiger partial charge in [-0.05, 0) is 31.5 Å². The van der Waals surface area contributed by atoms with Crippen molar-refractivity contribution in [2.45, 2.75) is 13.8 Å². The van der Waals surface area contributed by atoms with Gasteiger partial charge in [0.05, 0.1) is 0 Å². The molecule has 0 spiro atoms. The number of fused-ring (bicyclic) bond motifs is 1. The van der Waals surface area contributed by atoms with Crippen LogP contribution in [0, 0.1) is 13.8 Å². The molecule has 1 heterocycles. The molecule has 1 aromatic heterocycles. The lowest BCUT2D eigenvalue weighted by Crippen LogP contribution is -1.71. The Kier molecular flexibility index (Phi) is 1.85. The highest BCUT2D eigenvalue weighted by molar-refractivity contribution is 7.19. The monoisotopic (exact) mass is 196 g/mol. The van der Waals surface area contributed by atoms with E-state index in [9.17, 15) is 0 Å². The van der Waals surface area contributed by atoms with Crippen LogP contribution in [0.1, 0.15) is 10.4 Å². The summed E-state index contributed by atoms with van der Waals surface area (Å²) in [5.41, 5.74) is 1.32. The average molecular weight is 197 g/mol. The van der Waals surface area contributed by atoms with Crippen LogP contribution >= 0.6 is 22.9 Å². The lowest BCUT2D eigenvalue weighted by atomic mass is 10.1. The van der Waals surface area contributed by atoms with Crippen molar-refractivity contribution in [2.75, 3.05) is 0 Å². The van der Waals surface area contributed by atoms with E-state index in [4.69, 9.17) is 11.6 Å². The van der Waals surface area contributed by atoms with Crippen LogP contribution in [0.15, 0.2) is 18.2 Å². The van der Waals surface area contributed by atoms with Crippen molar-refractivity contribution in [1.82, 2.24) is 0 Å². The zero-order valence-corrected chi connectivity index (χ0v) is 8.59. The zero-order valence-electron chi connectivity index (χ0n) is 7.02. The third kappa shape index (κ3) is 1.05. The van der Waals surface area contributed by atoms with Crippen molar-refractivity contribution < 1.29 is 0 Å². The minimum absolute atomic E-state index is 0.870. The van der Waals surface area contributed by atoms with Gasteiger partial charge in [-0.3, -0.25) is 0 Å². The molecule has 0 saturated heterocycles. The van der Waals surface area contributed by atoms with E-state index < -0.39 is 0 Å². The van der Waals surface area contributed by atoms with Crippen molar-refractivity contribution in [3.63, 3.8) is 0 Å². The van der Waals surface area contributed by atoms with Crippen molar-refractivity contribution in [3.05, 3.63) is 33.7 Å². The molecule has 0 fully saturated rings. The number of aryl methyl sites for hydroxylation is 2. The van der Waals surface area contributed by atoms with Gasteiger partial charge in [-0.25, -0.2) is 0 Å². The molecule has 0 saturated carbocycles. The standard InChI is InChI=1S/C10H9ClS/c1-6-7(2)12-9-5-3-4-8(11)10(6)9/h3-5H,1-2H3. The number of halogens is 1. The van der Waals surface area contributed by atoms with Crippen LogP contribution in [0.4, 0.5) is 0 Å². The molecule has 0 atom stereocenters. The van der Waals surface area contributed by atoms with Gasteiger partial charge < -0.3 is 0 Å². The molecule has 2 heteroatoms. The second-order valence-electron chi connectivity index (χ2n) is 2.90. The van der Waals surface area contributed by atoms with Gasteiger partial charge in [0.25, 0.3) is 0 Å². The van der Waals surface area contributed by atoms with Gasteiger partial charge in [0.2, 0.25) is 0 Å². The summed E-state index contributed by atoms with van der Waals surface area (Å²) < 4.78 is 1.29. The first-order valence-electron chi connectivity index (χ1n) is 3.84.